The molecule has 1 N–H and O–H groups in total. The minimum absolute atomic E-state index is 0.0921. The van der Waals surface area contributed by atoms with E-state index >= 15 is 0 Å². The molecule has 19 heavy (non-hydrogen) atoms. The molecule has 0 fully saturated rings. The molecule has 0 saturated carbocycles. The maximum atomic E-state index is 12.0. The zero-order valence-electron chi connectivity index (χ0n) is 10.7. The number of hydrogen-bond acceptors (Lipinski definition) is 4. The quantitative estimate of drug-likeness (QED) is 0.739. The van der Waals surface area contributed by atoms with E-state index in [-0.39, 0.29) is 5.56 Å². The molecular formula is C13H13N5O. The standard InChI is InChI=1S/C13H13N5O/c1-8-14-12(16-15-8)7-11-9-5-3-4-6-10(9)13(19)18(2)17-11/h3-6H,7H2,1-2H3,(H,14,15,16). The van der Waals surface area contributed by atoms with Crippen molar-refractivity contribution in [3.8, 4) is 0 Å². The molecule has 0 aliphatic rings. The number of aromatic amines is 1. The number of aromatic nitrogens is 5. The lowest BCUT2D eigenvalue weighted by Gasteiger charge is -2.06. The average molecular weight is 255 g/mol. The van der Waals surface area contributed by atoms with Crippen LogP contribution in [-0.4, -0.2) is 25.0 Å². The molecule has 0 spiro atoms. The Morgan fingerprint density at radius 2 is 2.00 bits per heavy atom. The smallest absolute Gasteiger partial charge is 0.267 e. The van der Waals surface area contributed by atoms with Gasteiger partial charge in [0.25, 0.3) is 5.56 Å². The molecule has 1 aromatic carbocycles. The van der Waals surface area contributed by atoms with Gasteiger partial charge in [0.05, 0.1) is 17.5 Å². The Bertz CT molecular complexity index is 802. The minimum atomic E-state index is -0.0921. The first-order valence-electron chi connectivity index (χ1n) is 5.98. The second-order valence-electron chi connectivity index (χ2n) is 4.43. The van der Waals surface area contributed by atoms with E-state index in [9.17, 15) is 4.79 Å². The summed E-state index contributed by atoms with van der Waals surface area (Å²) in [5.41, 5.74) is 0.710. The molecule has 96 valence electrons. The van der Waals surface area contributed by atoms with Gasteiger partial charge in [-0.3, -0.25) is 9.89 Å². The van der Waals surface area contributed by atoms with Crippen molar-refractivity contribution in [1.29, 1.82) is 0 Å². The molecular weight excluding hydrogens is 242 g/mol. The molecule has 0 atom stereocenters. The fourth-order valence-electron chi connectivity index (χ4n) is 2.12. The third-order valence-electron chi connectivity index (χ3n) is 3.00. The molecule has 0 aliphatic heterocycles. The van der Waals surface area contributed by atoms with Gasteiger partial charge in [0.2, 0.25) is 0 Å². The Hall–Kier alpha value is -2.50. The van der Waals surface area contributed by atoms with Gasteiger partial charge in [0.1, 0.15) is 5.82 Å². The van der Waals surface area contributed by atoms with Gasteiger partial charge >= 0.3 is 0 Å². The first-order valence-corrected chi connectivity index (χ1v) is 5.98. The van der Waals surface area contributed by atoms with Crippen molar-refractivity contribution in [2.24, 2.45) is 7.05 Å². The summed E-state index contributed by atoms with van der Waals surface area (Å²) >= 11 is 0. The highest BCUT2D eigenvalue weighted by atomic mass is 16.1. The Morgan fingerprint density at radius 1 is 1.26 bits per heavy atom. The molecule has 0 unspecified atom stereocenters. The number of nitrogens with one attached hydrogen (secondary N) is 1. The highest BCUT2D eigenvalue weighted by Crippen LogP contribution is 2.15. The predicted molar refractivity (Wildman–Crippen MR) is 70.9 cm³/mol. The van der Waals surface area contributed by atoms with Crippen LogP contribution in [0.5, 0.6) is 0 Å². The molecule has 0 saturated heterocycles. The Labute approximate surface area is 109 Å². The maximum absolute atomic E-state index is 12.0. The third-order valence-corrected chi connectivity index (χ3v) is 3.00. The summed E-state index contributed by atoms with van der Waals surface area (Å²) in [7, 11) is 1.65. The maximum Gasteiger partial charge on any atom is 0.274 e. The normalized spacial score (nSPS) is 11.1. The Morgan fingerprint density at radius 3 is 2.68 bits per heavy atom. The minimum Gasteiger partial charge on any atom is -0.267 e. The van der Waals surface area contributed by atoms with Gasteiger partial charge in [-0.1, -0.05) is 18.2 Å². The number of aryl methyl sites for hydroxylation is 2. The summed E-state index contributed by atoms with van der Waals surface area (Å²) in [4.78, 5) is 16.3. The van der Waals surface area contributed by atoms with Crippen LogP contribution in [0.3, 0.4) is 0 Å². The van der Waals surface area contributed by atoms with E-state index in [2.05, 4.69) is 20.3 Å². The lowest BCUT2D eigenvalue weighted by molar-refractivity contribution is 0.693. The van der Waals surface area contributed by atoms with E-state index in [1.807, 2.05) is 31.2 Å². The van der Waals surface area contributed by atoms with Gasteiger partial charge in [-0.2, -0.15) is 10.2 Å². The first-order chi connectivity index (χ1) is 9.15. The number of nitrogens with zero attached hydrogens (tertiary/aromatic N) is 4. The number of H-pyrrole nitrogens is 1. The molecule has 2 heterocycles. The van der Waals surface area contributed by atoms with Crippen molar-refractivity contribution in [1.82, 2.24) is 25.0 Å². The summed E-state index contributed by atoms with van der Waals surface area (Å²) < 4.78 is 1.36. The van der Waals surface area contributed by atoms with Gasteiger partial charge in [-0.05, 0) is 13.0 Å². The van der Waals surface area contributed by atoms with Gasteiger partial charge in [0.15, 0.2) is 5.82 Å². The van der Waals surface area contributed by atoms with E-state index in [4.69, 9.17) is 0 Å². The van der Waals surface area contributed by atoms with Crippen LogP contribution in [-0.2, 0) is 13.5 Å². The zero-order valence-corrected chi connectivity index (χ0v) is 10.7. The SMILES string of the molecule is Cc1nc(Cc2nn(C)c(=O)c3ccccc23)n[nH]1. The van der Waals surface area contributed by atoms with Crippen LogP contribution < -0.4 is 5.56 Å². The zero-order chi connectivity index (χ0) is 13.4. The van der Waals surface area contributed by atoms with Gasteiger partial charge in [0, 0.05) is 12.4 Å². The van der Waals surface area contributed by atoms with Crippen molar-refractivity contribution < 1.29 is 0 Å². The molecule has 0 radical (unpaired) electrons. The Kier molecular flexibility index (Phi) is 2.63. The van der Waals surface area contributed by atoms with Crippen LogP contribution in [0.4, 0.5) is 0 Å². The van der Waals surface area contributed by atoms with E-state index < -0.39 is 0 Å². The number of hydrogen-bond donors (Lipinski definition) is 1. The summed E-state index contributed by atoms with van der Waals surface area (Å²) in [6, 6.07) is 7.46. The number of benzene rings is 1. The lowest BCUT2D eigenvalue weighted by atomic mass is 10.1. The van der Waals surface area contributed by atoms with E-state index in [1.165, 1.54) is 4.68 Å². The van der Waals surface area contributed by atoms with Crippen LogP contribution in [0.15, 0.2) is 29.1 Å². The van der Waals surface area contributed by atoms with Gasteiger partial charge in [-0.25, -0.2) is 9.67 Å². The molecule has 0 bridgehead atoms. The molecule has 2 aromatic heterocycles. The molecule has 3 aromatic rings. The van der Waals surface area contributed by atoms with E-state index in [1.54, 1.807) is 7.05 Å². The molecule has 0 aliphatic carbocycles. The van der Waals surface area contributed by atoms with Gasteiger partial charge in [-0.15, -0.1) is 0 Å². The van der Waals surface area contributed by atoms with E-state index in [0.717, 1.165) is 16.9 Å². The van der Waals surface area contributed by atoms with Crippen LogP contribution in [0, 0.1) is 6.92 Å². The fraction of sp³-hybridized carbons (Fsp3) is 0.231. The summed E-state index contributed by atoms with van der Waals surface area (Å²) in [6.07, 6.45) is 0.499. The number of fused-ring (bicyclic) bond motifs is 1. The predicted octanol–water partition coefficient (Wildman–Crippen LogP) is 0.951. The molecule has 0 amide bonds. The van der Waals surface area contributed by atoms with Crippen molar-refractivity contribution in [3.05, 3.63) is 52.0 Å². The van der Waals surface area contributed by atoms with Crippen LogP contribution >= 0.6 is 0 Å². The average Bonchev–Trinajstić information content (AvgIpc) is 2.81. The first kappa shape index (κ1) is 11.6. The van der Waals surface area contributed by atoms with Crippen molar-refractivity contribution >= 4 is 10.8 Å². The highest BCUT2D eigenvalue weighted by Gasteiger charge is 2.11. The highest BCUT2D eigenvalue weighted by molar-refractivity contribution is 5.83. The number of rotatable bonds is 2. The monoisotopic (exact) mass is 255 g/mol. The molecule has 3 rings (SSSR count). The third kappa shape index (κ3) is 2.01. The van der Waals surface area contributed by atoms with Crippen LogP contribution in [0.25, 0.3) is 10.8 Å². The van der Waals surface area contributed by atoms with Crippen LogP contribution in [0.1, 0.15) is 17.3 Å². The van der Waals surface area contributed by atoms with E-state index in [0.29, 0.717) is 17.6 Å². The molecule has 6 heteroatoms. The van der Waals surface area contributed by atoms with Crippen LogP contribution in [0.2, 0.25) is 0 Å². The van der Waals surface area contributed by atoms with Crippen molar-refractivity contribution in [3.63, 3.8) is 0 Å². The summed E-state index contributed by atoms with van der Waals surface area (Å²) in [5.74, 6) is 1.44. The van der Waals surface area contributed by atoms with Crippen molar-refractivity contribution in [2.75, 3.05) is 0 Å². The fourth-order valence-corrected chi connectivity index (χ4v) is 2.12. The second-order valence-corrected chi connectivity index (χ2v) is 4.43. The molecule has 6 nitrogen and oxygen atoms in total. The summed E-state index contributed by atoms with van der Waals surface area (Å²) in [6.45, 7) is 1.85. The largest absolute Gasteiger partial charge is 0.274 e. The van der Waals surface area contributed by atoms with Gasteiger partial charge < -0.3 is 0 Å². The topological polar surface area (TPSA) is 76.5 Å². The second kappa shape index (κ2) is 4.31. The summed E-state index contributed by atoms with van der Waals surface area (Å²) in [5, 5.41) is 12.8. The lowest BCUT2D eigenvalue weighted by Crippen LogP contribution is -2.21. The Balaban J connectivity index is 2.18. The van der Waals surface area contributed by atoms with Crippen molar-refractivity contribution in [2.45, 2.75) is 13.3 Å².